The van der Waals surface area contributed by atoms with E-state index in [0.717, 1.165) is 18.4 Å². The van der Waals surface area contributed by atoms with Gasteiger partial charge >= 0.3 is 5.97 Å². The Morgan fingerprint density at radius 1 is 1.36 bits per heavy atom. The number of benzene rings is 1. The van der Waals surface area contributed by atoms with Crippen LogP contribution in [-0.4, -0.2) is 27.9 Å². The average molecular weight is 300 g/mol. The molecule has 1 aromatic heterocycles. The van der Waals surface area contributed by atoms with Gasteiger partial charge in [-0.05, 0) is 19.4 Å². The van der Waals surface area contributed by atoms with Crippen LogP contribution < -0.4 is 0 Å². The molecule has 0 N–H and O–H groups in total. The van der Waals surface area contributed by atoms with Crippen molar-refractivity contribution in [2.24, 2.45) is 0 Å². The molecule has 1 aromatic carbocycles. The van der Waals surface area contributed by atoms with Crippen molar-refractivity contribution in [3.05, 3.63) is 54.1 Å². The number of carbonyl (C=O) groups is 1. The van der Waals surface area contributed by atoms with Gasteiger partial charge in [0.2, 0.25) is 5.79 Å². The monoisotopic (exact) mass is 300 g/mol. The molecular formula is C17H20N2O3. The van der Waals surface area contributed by atoms with E-state index in [-0.39, 0.29) is 12.0 Å². The lowest BCUT2D eigenvalue weighted by atomic mass is 10.1. The third-order valence-corrected chi connectivity index (χ3v) is 3.92. The molecule has 3 rings (SSSR count). The molecule has 0 unspecified atom stereocenters. The predicted octanol–water partition coefficient (Wildman–Crippen LogP) is 3.18. The van der Waals surface area contributed by atoms with Crippen molar-refractivity contribution in [3.8, 4) is 0 Å². The summed E-state index contributed by atoms with van der Waals surface area (Å²) in [5, 5.41) is 0. The van der Waals surface area contributed by atoms with Crippen LogP contribution in [0.5, 0.6) is 0 Å². The van der Waals surface area contributed by atoms with Crippen molar-refractivity contribution in [1.29, 1.82) is 0 Å². The SMILES string of the molecule is CCOC1(OC(=O)c2cncn2[C@H](C)c2ccccc2)CC1. The van der Waals surface area contributed by atoms with E-state index in [1.165, 1.54) is 0 Å². The topological polar surface area (TPSA) is 53.4 Å². The van der Waals surface area contributed by atoms with E-state index in [0.29, 0.717) is 12.3 Å². The summed E-state index contributed by atoms with van der Waals surface area (Å²) in [4.78, 5) is 16.5. The van der Waals surface area contributed by atoms with E-state index < -0.39 is 5.79 Å². The molecule has 0 aliphatic heterocycles. The first-order valence-electron chi connectivity index (χ1n) is 7.59. The van der Waals surface area contributed by atoms with Crippen LogP contribution in [0.4, 0.5) is 0 Å². The first kappa shape index (κ1) is 14.8. The van der Waals surface area contributed by atoms with Gasteiger partial charge in [0.05, 0.1) is 18.6 Å². The van der Waals surface area contributed by atoms with Crippen LogP contribution in [0.15, 0.2) is 42.9 Å². The quantitative estimate of drug-likeness (QED) is 0.607. The molecule has 116 valence electrons. The minimum atomic E-state index is -0.711. The maximum Gasteiger partial charge on any atom is 0.359 e. The summed E-state index contributed by atoms with van der Waals surface area (Å²) < 4.78 is 12.9. The Kier molecular flexibility index (Phi) is 3.98. The third kappa shape index (κ3) is 2.90. The van der Waals surface area contributed by atoms with E-state index in [1.807, 2.05) is 48.7 Å². The van der Waals surface area contributed by atoms with Gasteiger partial charge in [-0.1, -0.05) is 30.3 Å². The first-order chi connectivity index (χ1) is 10.7. The van der Waals surface area contributed by atoms with E-state index in [9.17, 15) is 4.79 Å². The molecule has 1 aliphatic carbocycles. The van der Waals surface area contributed by atoms with Gasteiger partial charge in [-0.3, -0.25) is 0 Å². The van der Waals surface area contributed by atoms with E-state index in [2.05, 4.69) is 4.98 Å². The molecule has 22 heavy (non-hydrogen) atoms. The van der Waals surface area contributed by atoms with E-state index in [4.69, 9.17) is 9.47 Å². The molecule has 0 amide bonds. The molecule has 1 fully saturated rings. The van der Waals surface area contributed by atoms with Crippen LogP contribution >= 0.6 is 0 Å². The number of imidazole rings is 1. The zero-order chi connectivity index (χ0) is 15.6. The Morgan fingerprint density at radius 2 is 2.09 bits per heavy atom. The van der Waals surface area contributed by atoms with Gasteiger partial charge in [0.15, 0.2) is 0 Å². The van der Waals surface area contributed by atoms with E-state index in [1.54, 1.807) is 12.5 Å². The standard InChI is InChI=1S/C17H20N2O3/c1-3-21-17(9-10-17)22-16(20)15-11-18-12-19(15)13(2)14-7-5-4-6-8-14/h4-8,11-13H,3,9-10H2,1-2H3/t13-/m1/s1. The number of aromatic nitrogens is 2. The summed E-state index contributed by atoms with van der Waals surface area (Å²) in [7, 11) is 0. The maximum atomic E-state index is 12.4. The molecule has 0 radical (unpaired) electrons. The highest BCUT2D eigenvalue weighted by Crippen LogP contribution is 2.41. The number of hydrogen-bond acceptors (Lipinski definition) is 4. The Hall–Kier alpha value is -2.14. The fourth-order valence-corrected chi connectivity index (χ4v) is 2.53. The zero-order valence-electron chi connectivity index (χ0n) is 12.9. The fourth-order valence-electron chi connectivity index (χ4n) is 2.53. The van der Waals surface area contributed by atoms with Crippen LogP contribution in [0.2, 0.25) is 0 Å². The second-order valence-corrected chi connectivity index (χ2v) is 5.51. The lowest BCUT2D eigenvalue weighted by Crippen LogP contribution is -2.25. The van der Waals surface area contributed by atoms with Gasteiger partial charge in [0.25, 0.3) is 0 Å². The van der Waals surface area contributed by atoms with Crippen molar-refractivity contribution >= 4 is 5.97 Å². The molecule has 0 spiro atoms. The summed E-state index contributed by atoms with van der Waals surface area (Å²) in [6.07, 6.45) is 4.72. The van der Waals surface area contributed by atoms with Crippen LogP contribution in [-0.2, 0) is 9.47 Å². The Bertz CT molecular complexity index is 647. The highest BCUT2D eigenvalue weighted by molar-refractivity contribution is 5.87. The second-order valence-electron chi connectivity index (χ2n) is 5.51. The lowest BCUT2D eigenvalue weighted by Gasteiger charge is -2.19. The normalized spacial score (nSPS) is 17.0. The van der Waals surface area contributed by atoms with Crippen LogP contribution in [0.1, 0.15) is 48.8 Å². The summed E-state index contributed by atoms with van der Waals surface area (Å²) >= 11 is 0. The molecule has 2 aromatic rings. The molecule has 0 saturated heterocycles. The first-order valence-corrected chi connectivity index (χ1v) is 7.59. The number of esters is 1. The zero-order valence-corrected chi connectivity index (χ0v) is 12.9. The number of rotatable bonds is 6. The highest BCUT2D eigenvalue weighted by Gasteiger charge is 2.48. The van der Waals surface area contributed by atoms with Gasteiger partial charge < -0.3 is 14.0 Å². The van der Waals surface area contributed by atoms with Crippen molar-refractivity contribution in [2.75, 3.05) is 6.61 Å². The van der Waals surface area contributed by atoms with Crippen molar-refractivity contribution in [3.63, 3.8) is 0 Å². The minimum absolute atomic E-state index is 0.00787. The second kappa shape index (κ2) is 5.93. The summed E-state index contributed by atoms with van der Waals surface area (Å²) in [5.74, 6) is -1.09. The largest absolute Gasteiger partial charge is 0.428 e. The van der Waals surface area contributed by atoms with Crippen molar-refractivity contribution in [1.82, 2.24) is 9.55 Å². The molecule has 1 atom stereocenters. The average Bonchev–Trinajstić information content (AvgIpc) is 3.11. The van der Waals surface area contributed by atoms with Crippen molar-refractivity contribution < 1.29 is 14.3 Å². The summed E-state index contributed by atoms with van der Waals surface area (Å²) in [6.45, 7) is 4.46. The van der Waals surface area contributed by atoms with Gasteiger partial charge in [-0.15, -0.1) is 0 Å². The van der Waals surface area contributed by atoms with Crippen LogP contribution in [0.25, 0.3) is 0 Å². The van der Waals surface area contributed by atoms with Gasteiger partial charge in [0, 0.05) is 19.4 Å². The predicted molar refractivity (Wildman–Crippen MR) is 81.5 cm³/mol. The molecule has 5 heteroatoms. The third-order valence-electron chi connectivity index (χ3n) is 3.92. The number of nitrogens with zero attached hydrogens (tertiary/aromatic N) is 2. The van der Waals surface area contributed by atoms with Gasteiger partial charge in [-0.2, -0.15) is 0 Å². The van der Waals surface area contributed by atoms with Crippen LogP contribution in [0.3, 0.4) is 0 Å². The molecule has 0 bridgehead atoms. The maximum absolute atomic E-state index is 12.4. The highest BCUT2D eigenvalue weighted by atomic mass is 16.7. The molecular weight excluding hydrogens is 280 g/mol. The van der Waals surface area contributed by atoms with Gasteiger partial charge in [0.1, 0.15) is 5.69 Å². The van der Waals surface area contributed by atoms with E-state index >= 15 is 0 Å². The molecule has 1 saturated carbocycles. The fraction of sp³-hybridized carbons (Fsp3) is 0.412. The minimum Gasteiger partial charge on any atom is -0.428 e. The van der Waals surface area contributed by atoms with Gasteiger partial charge in [-0.25, -0.2) is 9.78 Å². The Balaban J connectivity index is 1.79. The summed E-state index contributed by atoms with van der Waals surface area (Å²) in [6, 6.07) is 10.0. The number of hydrogen-bond donors (Lipinski definition) is 0. The lowest BCUT2D eigenvalue weighted by molar-refractivity contribution is -0.129. The summed E-state index contributed by atoms with van der Waals surface area (Å²) in [5.41, 5.74) is 1.56. The molecule has 5 nitrogen and oxygen atoms in total. The van der Waals surface area contributed by atoms with Crippen molar-refractivity contribution in [2.45, 2.75) is 38.5 Å². The molecule has 1 aliphatic rings. The Morgan fingerprint density at radius 3 is 2.73 bits per heavy atom. The smallest absolute Gasteiger partial charge is 0.359 e. The number of ether oxygens (including phenoxy) is 2. The van der Waals surface area contributed by atoms with Crippen LogP contribution in [0, 0.1) is 0 Å². The Labute approximate surface area is 129 Å². The molecule has 1 heterocycles. The number of carbonyl (C=O) groups excluding carboxylic acids is 1.